The second-order valence-electron chi connectivity index (χ2n) is 11.4. The number of benzene rings is 2. The Hall–Kier alpha value is -2.92. The minimum Gasteiger partial charge on any atom is -0.443 e. The van der Waals surface area contributed by atoms with E-state index in [1.54, 1.807) is 53.7 Å². The molecule has 0 N–H and O–H groups in total. The molecule has 0 aliphatic rings. The Morgan fingerprint density at radius 2 is 1.14 bits per heavy atom. The van der Waals surface area contributed by atoms with Crippen molar-refractivity contribution < 1.29 is 19.1 Å². The largest absolute Gasteiger partial charge is 0.443 e. The van der Waals surface area contributed by atoms with Crippen molar-refractivity contribution in [1.29, 1.82) is 10.5 Å². The van der Waals surface area contributed by atoms with Gasteiger partial charge in [-0.25, -0.2) is 18.7 Å². The monoisotopic (exact) mass is 742 g/mol. The quantitative estimate of drug-likeness (QED) is 0.179. The normalized spacial score (nSPS) is 11.4. The van der Waals surface area contributed by atoms with Crippen LogP contribution in [0.15, 0.2) is 48.5 Å². The van der Waals surface area contributed by atoms with Gasteiger partial charge in [-0.1, -0.05) is 80.0 Å². The summed E-state index contributed by atoms with van der Waals surface area (Å²) in [5, 5.41) is 20.8. The van der Waals surface area contributed by atoms with Crippen LogP contribution in [-0.2, 0) is 14.8 Å². The average molecular weight is 745 g/mol. The number of nitrogens with zero attached hydrogens (tertiary/aromatic N) is 4. The summed E-state index contributed by atoms with van der Waals surface area (Å²) in [4.78, 5) is 24.4. The number of halogens is 5. The summed E-state index contributed by atoms with van der Waals surface area (Å²) in [7, 11) is 0. The summed E-state index contributed by atoms with van der Waals surface area (Å²) in [5.41, 5.74) is 2.91. The van der Waals surface area contributed by atoms with Crippen LogP contribution in [0.2, 0.25) is 0 Å². The molecule has 0 saturated carbocycles. The number of rotatable bonds is 1. The molecule has 0 fully saturated rings. The second kappa shape index (κ2) is 14.9. The molecule has 44 heavy (non-hydrogen) atoms. The highest BCUT2D eigenvalue weighted by atomic mass is 79.9. The van der Waals surface area contributed by atoms with Crippen LogP contribution in [0.1, 0.15) is 64.1 Å². The standard InChI is InChI=1S/C15H15BrN2O2.C15H16N2O2.CCl4/c1-15(2,3)20-14(19)18-12(9-17)7-11-6-10(8-16)4-5-13(11)18;1-10-5-6-13-11(7-10)8-12(9-16)17(13)14(18)19-15(2,3)4;2-1(3,4)5/h4-7H,8H2,1-3H3;5-8H,1-4H3;. The van der Waals surface area contributed by atoms with E-state index in [4.69, 9.17) is 61.1 Å². The van der Waals surface area contributed by atoms with E-state index >= 15 is 0 Å². The molecule has 4 aromatic rings. The molecule has 0 amide bonds. The number of alkyl halides is 5. The molecule has 4 rings (SSSR count). The average Bonchev–Trinajstić information content (AvgIpc) is 3.43. The van der Waals surface area contributed by atoms with Crippen LogP contribution < -0.4 is 0 Å². The third kappa shape index (κ3) is 11.2. The fourth-order valence-electron chi connectivity index (χ4n) is 3.86. The smallest absolute Gasteiger partial charge is 0.420 e. The zero-order valence-electron chi connectivity index (χ0n) is 25.1. The summed E-state index contributed by atoms with van der Waals surface area (Å²) in [5.74, 6) is 0. The molecule has 0 spiro atoms. The van der Waals surface area contributed by atoms with Gasteiger partial charge in [0, 0.05) is 16.1 Å². The number of carbonyl (C=O) groups excluding carboxylic acids is 2. The van der Waals surface area contributed by atoms with Gasteiger partial charge in [-0.2, -0.15) is 10.5 Å². The van der Waals surface area contributed by atoms with Gasteiger partial charge in [0.15, 0.2) is 0 Å². The molecule has 0 unspecified atom stereocenters. The first-order valence-electron chi connectivity index (χ1n) is 13.0. The molecule has 234 valence electrons. The van der Waals surface area contributed by atoms with Gasteiger partial charge in [0.25, 0.3) is 3.25 Å². The lowest BCUT2D eigenvalue weighted by molar-refractivity contribution is 0.0531. The van der Waals surface area contributed by atoms with Gasteiger partial charge in [-0.15, -0.1) is 0 Å². The summed E-state index contributed by atoms with van der Waals surface area (Å²) >= 11 is 22.7. The Morgan fingerprint density at radius 1 is 0.750 bits per heavy atom. The molecule has 2 heterocycles. The Bertz CT molecular complexity index is 1740. The molecule has 2 aromatic carbocycles. The topological polar surface area (TPSA) is 110 Å². The molecular weight excluding hydrogens is 714 g/mol. The van der Waals surface area contributed by atoms with E-state index in [2.05, 4.69) is 15.9 Å². The number of ether oxygens (including phenoxy) is 2. The van der Waals surface area contributed by atoms with Gasteiger partial charge < -0.3 is 9.47 Å². The van der Waals surface area contributed by atoms with E-state index in [1.807, 2.05) is 55.5 Å². The van der Waals surface area contributed by atoms with Crippen molar-refractivity contribution in [2.45, 2.75) is 68.3 Å². The highest BCUT2D eigenvalue weighted by molar-refractivity contribution is 9.08. The lowest BCUT2D eigenvalue weighted by Gasteiger charge is -2.20. The zero-order chi connectivity index (χ0) is 33.6. The van der Waals surface area contributed by atoms with Gasteiger partial charge in [-0.3, -0.25) is 0 Å². The van der Waals surface area contributed by atoms with Crippen molar-refractivity contribution in [3.8, 4) is 12.1 Å². The molecule has 0 saturated heterocycles. The second-order valence-corrected chi connectivity index (χ2v) is 15.4. The number of fused-ring (bicyclic) bond motifs is 2. The zero-order valence-corrected chi connectivity index (χ0v) is 29.7. The van der Waals surface area contributed by atoms with Crippen molar-refractivity contribution in [1.82, 2.24) is 9.13 Å². The van der Waals surface area contributed by atoms with Gasteiger partial charge in [-0.05, 0) is 90.4 Å². The molecule has 0 bridgehead atoms. The number of aromatic nitrogens is 2. The van der Waals surface area contributed by atoms with Crippen molar-refractivity contribution in [2.24, 2.45) is 0 Å². The fourth-order valence-corrected chi connectivity index (χ4v) is 4.20. The van der Waals surface area contributed by atoms with Gasteiger partial charge in [0.1, 0.15) is 34.7 Å². The SMILES string of the molecule is CC(C)(C)OC(=O)n1c(C#N)cc2cc(CBr)ccc21.Cc1ccc2c(c1)cc(C#N)n2C(=O)OC(C)(C)C.ClC(Cl)(Cl)Cl. The van der Waals surface area contributed by atoms with Crippen LogP contribution in [0, 0.1) is 29.6 Å². The van der Waals surface area contributed by atoms with Crippen molar-refractivity contribution in [2.75, 3.05) is 0 Å². The Kier molecular flexibility index (Phi) is 12.6. The van der Waals surface area contributed by atoms with E-state index < -0.39 is 26.6 Å². The van der Waals surface area contributed by atoms with E-state index in [-0.39, 0.29) is 11.4 Å². The van der Waals surface area contributed by atoms with Crippen LogP contribution in [-0.4, -0.2) is 35.8 Å². The maximum absolute atomic E-state index is 12.2. The van der Waals surface area contributed by atoms with E-state index in [1.165, 1.54) is 9.13 Å². The minimum atomic E-state index is -1.61. The van der Waals surface area contributed by atoms with Crippen LogP contribution in [0.25, 0.3) is 21.8 Å². The molecule has 2 aromatic heterocycles. The minimum absolute atomic E-state index is 0.279. The Labute approximate surface area is 285 Å². The third-order valence-corrected chi connectivity index (χ3v) is 6.01. The molecule has 0 aliphatic heterocycles. The Balaban J connectivity index is 0.000000267. The van der Waals surface area contributed by atoms with Gasteiger partial charge in [0.2, 0.25) is 0 Å². The maximum Gasteiger partial charge on any atom is 0.420 e. The number of carbonyl (C=O) groups is 2. The summed E-state index contributed by atoms with van der Waals surface area (Å²) in [6, 6.07) is 18.8. The first-order chi connectivity index (χ1) is 20.2. The predicted octanol–water partition coefficient (Wildman–Crippen LogP) is 10.3. The van der Waals surface area contributed by atoms with Gasteiger partial charge >= 0.3 is 12.2 Å². The predicted molar refractivity (Wildman–Crippen MR) is 180 cm³/mol. The molecule has 8 nitrogen and oxygen atoms in total. The van der Waals surface area contributed by atoms with Crippen LogP contribution in [0.5, 0.6) is 0 Å². The van der Waals surface area contributed by atoms with Crippen molar-refractivity contribution in [3.63, 3.8) is 0 Å². The number of hydrogen-bond acceptors (Lipinski definition) is 6. The maximum atomic E-state index is 12.2. The molecule has 0 aliphatic carbocycles. The highest BCUT2D eigenvalue weighted by Crippen LogP contribution is 2.30. The highest BCUT2D eigenvalue weighted by Gasteiger charge is 2.23. The molecular formula is C31H31BrCl4N4O4. The van der Waals surface area contributed by atoms with Crippen LogP contribution >= 0.6 is 62.3 Å². The van der Waals surface area contributed by atoms with Crippen LogP contribution in [0.3, 0.4) is 0 Å². The lowest BCUT2D eigenvalue weighted by atomic mass is 10.2. The first kappa shape index (κ1) is 37.3. The van der Waals surface area contributed by atoms with Crippen molar-refractivity contribution >= 4 is 96.3 Å². The summed E-state index contributed by atoms with van der Waals surface area (Å²) in [6.45, 7) is 12.8. The summed E-state index contributed by atoms with van der Waals surface area (Å²) < 4.78 is 11.7. The number of nitriles is 2. The summed E-state index contributed by atoms with van der Waals surface area (Å²) in [6.07, 6.45) is -1.06. The van der Waals surface area contributed by atoms with E-state index in [9.17, 15) is 14.9 Å². The molecule has 0 atom stereocenters. The fraction of sp³-hybridized carbons (Fsp3) is 0.355. The number of aryl methyl sites for hydroxylation is 1. The van der Waals surface area contributed by atoms with Gasteiger partial charge in [0.05, 0.1) is 11.0 Å². The number of hydrogen-bond donors (Lipinski definition) is 0. The van der Waals surface area contributed by atoms with E-state index in [0.29, 0.717) is 11.0 Å². The Morgan fingerprint density at radius 3 is 1.50 bits per heavy atom. The molecule has 0 radical (unpaired) electrons. The van der Waals surface area contributed by atoms with Crippen LogP contribution in [0.4, 0.5) is 9.59 Å². The third-order valence-electron chi connectivity index (χ3n) is 5.36. The lowest BCUT2D eigenvalue weighted by Crippen LogP contribution is -2.27. The molecule has 13 heteroatoms. The van der Waals surface area contributed by atoms with Crippen molar-refractivity contribution in [3.05, 3.63) is 71.0 Å². The van der Waals surface area contributed by atoms with E-state index in [0.717, 1.165) is 27.2 Å². The first-order valence-corrected chi connectivity index (χ1v) is 15.7.